The van der Waals surface area contributed by atoms with Gasteiger partial charge < -0.3 is 19.8 Å². The summed E-state index contributed by atoms with van der Waals surface area (Å²) in [5, 5.41) is 18.1. The number of rotatable bonds is 1. The third-order valence-corrected chi connectivity index (χ3v) is 0.289. The minimum absolute atomic E-state index is 0.111. The summed E-state index contributed by atoms with van der Waals surface area (Å²) in [6.45, 7) is 2.51. The highest BCUT2D eigenvalue weighted by molar-refractivity contribution is 5.63. The van der Waals surface area contributed by atoms with Crippen molar-refractivity contribution in [1.29, 1.82) is 0 Å². The Hall–Kier alpha value is -1.06. The van der Waals surface area contributed by atoms with Crippen LogP contribution in [0, 0.1) is 0 Å². The van der Waals surface area contributed by atoms with Crippen molar-refractivity contribution in [2.75, 3.05) is 0 Å². The van der Waals surface area contributed by atoms with E-state index in [1.165, 1.54) is 6.92 Å². The summed E-state index contributed by atoms with van der Waals surface area (Å²) >= 11 is 0. The Balaban J connectivity index is 0. The molecule has 0 rings (SSSR count). The van der Waals surface area contributed by atoms with Crippen molar-refractivity contribution in [3.05, 3.63) is 0 Å². The minimum Gasteiger partial charge on any atom is -0.550 e. The van der Waals surface area contributed by atoms with Crippen molar-refractivity contribution in [2.24, 2.45) is 0 Å². The number of carboxylic acids is 2. The lowest BCUT2D eigenvalue weighted by molar-refractivity contribution is -0.305. The Kier molecular flexibility index (Phi) is 8.36. The molecule has 0 aromatic rings. The van der Waals surface area contributed by atoms with Crippen molar-refractivity contribution in [3.8, 4) is 0 Å². The molecule has 0 aliphatic heterocycles. The summed E-state index contributed by atoms with van der Waals surface area (Å²) in [5.74, 6) is -2.08. The predicted molar refractivity (Wildman–Crippen MR) is 26.0 cm³/mol. The van der Waals surface area contributed by atoms with Gasteiger partial charge in [-0.15, -0.1) is 0 Å². The van der Waals surface area contributed by atoms with E-state index in [4.69, 9.17) is 9.90 Å². The zero-order valence-electron chi connectivity index (χ0n) is 5.34. The molecule has 0 amide bonds. The standard InChI is InChI=1S/C3H6O2.C2H4O2/c1-2-3(4)5;1-2(3)4/h2H2,1H3,(H,4,5);1H3,(H,3,4)/p-2. The molecule has 0 aliphatic carbocycles. The fourth-order valence-electron chi connectivity index (χ4n) is 0. The molecule has 0 radical (unpaired) electrons. The van der Waals surface area contributed by atoms with Gasteiger partial charge in [-0.3, -0.25) is 0 Å². The molecule has 0 bridgehead atoms. The predicted octanol–water partition coefficient (Wildman–Crippen LogP) is -2.10. The fraction of sp³-hybridized carbons (Fsp3) is 0.600. The van der Waals surface area contributed by atoms with Gasteiger partial charge in [0.15, 0.2) is 0 Å². The first-order valence-electron chi connectivity index (χ1n) is 2.38. The topological polar surface area (TPSA) is 80.3 Å². The van der Waals surface area contributed by atoms with Gasteiger partial charge in [0.2, 0.25) is 0 Å². The molecule has 9 heavy (non-hydrogen) atoms. The zero-order chi connectivity index (χ0) is 7.86. The van der Waals surface area contributed by atoms with Crippen LogP contribution in [-0.4, -0.2) is 11.9 Å². The van der Waals surface area contributed by atoms with Crippen LogP contribution in [-0.2, 0) is 9.59 Å². The number of aliphatic carboxylic acids is 2. The molecule has 0 fully saturated rings. The van der Waals surface area contributed by atoms with E-state index in [-0.39, 0.29) is 6.42 Å². The second kappa shape index (κ2) is 6.94. The molecule has 0 saturated heterocycles. The maximum atomic E-state index is 9.26. The van der Waals surface area contributed by atoms with E-state index in [0.717, 1.165) is 6.92 Å². The second-order valence-electron chi connectivity index (χ2n) is 1.22. The Bertz CT molecular complexity index is 93.1. The van der Waals surface area contributed by atoms with Crippen molar-refractivity contribution in [1.82, 2.24) is 0 Å². The first-order chi connectivity index (χ1) is 4.00. The quantitative estimate of drug-likeness (QED) is 0.409. The third-order valence-electron chi connectivity index (χ3n) is 0.289. The van der Waals surface area contributed by atoms with Crippen LogP contribution in [0.5, 0.6) is 0 Å². The van der Waals surface area contributed by atoms with Gasteiger partial charge in [0, 0.05) is 11.9 Å². The molecule has 0 aromatic heterocycles. The molecule has 0 aliphatic rings. The molecular weight excluding hydrogens is 124 g/mol. The molecule has 0 saturated carbocycles. The molecular formula is C5H8O4-2. The number of carboxylic acid groups (broad SMARTS) is 2. The summed E-state index contributed by atoms with van der Waals surface area (Å²) in [6.07, 6.45) is 0.111. The van der Waals surface area contributed by atoms with Crippen LogP contribution in [0.25, 0.3) is 0 Å². The van der Waals surface area contributed by atoms with Crippen LogP contribution in [0.1, 0.15) is 20.3 Å². The van der Waals surface area contributed by atoms with Gasteiger partial charge in [-0.2, -0.15) is 0 Å². The molecule has 4 nitrogen and oxygen atoms in total. The molecule has 0 atom stereocenters. The highest BCUT2D eigenvalue weighted by Crippen LogP contribution is 1.61. The van der Waals surface area contributed by atoms with Gasteiger partial charge in [0.1, 0.15) is 0 Å². The van der Waals surface area contributed by atoms with Crippen molar-refractivity contribution < 1.29 is 19.8 Å². The van der Waals surface area contributed by atoms with Crippen LogP contribution in [0.15, 0.2) is 0 Å². The second-order valence-corrected chi connectivity index (χ2v) is 1.22. The Morgan fingerprint density at radius 1 is 1.33 bits per heavy atom. The van der Waals surface area contributed by atoms with E-state index >= 15 is 0 Å². The van der Waals surface area contributed by atoms with E-state index in [0.29, 0.717) is 0 Å². The largest absolute Gasteiger partial charge is 0.550 e. The highest BCUT2D eigenvalue weighted by Gasteiger charge is 1.65. The lowest BCUT2D eigenvalue weighted by atomic mass is 10.5. The first-order valence-corrected chi connectivity index (χ1v) is 2.38. The van der Waals surface area contributed by atoms with E-state index < -0.39 is 11.9 Å². The normalized spacial score (nSPS) is 6.89. The van der Waals surface area contributed by atoms with Crippen LogP contribution in [0.2, 0.25) is 0 Å². The number of hydrogen-bond donors (Lipinski definition) is 0. The lowest BCUT2D eigenvalue weighted by Gasteiger charge is -1.87. The van der Waals surface area contributed by atoms with E-state index in [2.05, 4.69) is 0 Å². The van der Waals surface area contributed by atoms with E-state index in [1.54, 1.807) is 0 Å². The Morgan fingerprint density at radius 3 is 1.44 bits per heavy atom. The van der Waals surface area contributed by atoms with Gasteiger partial charge in [-0.25, -0.2) is 0 Å². The van der Waals surface area contributed by atoms with Gasteiger partial charge in [0.05, 0.1) is 0 Å². The monoisotopic (exact) mass is 132 g/mol. The van der Waals surface area contributed by atoms with E-state index in [9.17, 15) is 9.90 Å². The summed E-state index contributed by atoms with van der Waals surface area (Å²) in [5.41, 5.74) is 0. The summed E-state index contributed by atoms with van der Waals surface area (Å²) in [4.78, 5) is 18.1. The van der Waals surface area contributed by atoms with Crippen molar-refractivity contribution in [3.63, 3.8) is 0 Å². The number of carbonyl (C=O) groups is 2. The van der Waals surface area contributed by atoms with Crippen LogP contribution < -0.4 is 10.2 Å². The highest BCUT2D eigenvalue weighted by atomic mass is 16.4. The SMILES string of the molecule is CC(=O)[O-].CCC(=O)[O-]. The molecule has 0 unspecified atom stereocenters. The first kappa shape index (κ1) is 10.8. The molecule has 0 spiro atoms. The smallest absolute Gasteiger partial charge is 0.0411 e. The molecule has 0 N–H and O–H groups in total. The van der Waals surface area contributed by atoms with Gasteiger partial charge in [0.25, 0.3) is 0 Å². The van der Waals surface area contributed by atoms with Crippen LogP contribution in [0.3, 0.4) is 0 Å². The maximum Gasteiger partial charge on any atom is 0.0411 e. The average molecular weight is 132 g/mol. The van der Waals surface area contributed by atoms with Crippen LogP contribution >= 0.6 is 0 Å². The Morgan fingerprint density at radius 2 is 1.44 bits per heavy atom. The van der Waals surface area contributed by atoms with E-state index in [1.807, 2.05) is 0 Å². The van der Waals surface area contributed by atoms with Gasteiger partial charge >= 0.3 is 0 Å². The Labute approximate surface area is 53.1 Å². The van der Waals surface area contributed by atoms with Crippen LogP contribution in [0.4, 0.5) is 0 Å². The van der Waals surface area contributed by atoms with Gasteiger partial charge in [-0.05, 0) is 13.3 Å². The summed E-state index contributed by atoms with van der Waals surface area (Å²) < 4.78 is 0. The lowest BCUT2D eigenvalue weighted by Crippen LogP contribution is -2.19. The zero-order valence-corrected chi connectivity index (χ0v) is 5.34. The van der Waals surface area contributed by atoms with Crippen molar-refractivity contribution >= 4 is 11.9 Å². The number of carbonyl (C=O) groups excluding carboxylic acids is 2. The minimum atomic E-state index is -1.08. The third kappa shape index (κ3) is 192. The molecule has 4 heteroatoms. The summed E-state index contributed by atoms with van der Waals surface area (Å²) in [7, 11) is 0. The molecule has 0 heterocycles. The maximum absolute atomic E-state index is 9.26. The number of hydrogen-bond acceptors (Lipinski definition) is 4. The average Bonchev–Trinajstić information content (AvgIpc) is 1.65. The molecule has 54 valence electrons. The summed E-state index contributed by atoms with van der Waals surface area (Å²) in [6, 6.07) is 0. The fourth-order valence-corrected chi connectivity index (χ4v) is 0. The van der Waals surface area contributed by atoms with Crippen molar-refractivity contribution in [2.45, 2.75) is 20.3 Å². The molecule has 0 aromatic carbocycles. The van der Waals surface area contributed by atoms with Gasteiger partial charge in [-0.1, -0.05) is 6.92 Å².